The van der Waals surface area contributed by atoms with Gasteiger partial charge in [-0.1, -0.05) is 46.3 Å². The summed E-state index contributed by atoms with van der Waals surface area (Å²) in [6, 6.07) is 14.9. The molecule has 0 atom stereocenters. The molecule has 0 amide bonds. The van der Waals surface area contributed by atoms with Crippen LogP contribution in [0.3, 0.4) is 0 Å². The molecule has 1 saturated heterocycles. The highest BCUT2D eigenvalue weighted by atomic mass is 79.9. The predicted molar refractivity (Wildman–Crippen MR) is 107 cm³/mol. The van der Waals surface area contributed by atoms with E-state index >= 15 is 0 Å². The van der Waals surface area contributed by atoms with E-state index in [0.717, 1.165) is 55.2 Å². The lowest BCUT2D eigenvalue weighted by atomic mass is 10.1. The van der Waals surface area contributed by atoms with E-state index in [-0.39, 0.29) is 0 Å². The Kier molecular flexibility index (Phi) is 5.78. The van der Waals surface area contributed by atoms with Crippen LogP contribution in [0, 0.1) is 0 Å². The van der Waals surface area contributed by atoms with Crippen LogP contribution in [0.15, 0.2) is 46.9 Å². The average molecular weight is 417 g/mol. The molecule has 26 heavy (non-hydrogen) atoms. The third-order valence-electron chi connectivity index (χ3n) is 5.04. The van der Waals surface area contributed by atoms with Gasteiger partial charge in [0.1, 0.15) is 13.2 Å². The van der Waals surface area contributed by atoms with Crippen molar-refractivity contribution in [2.75, 3.05) is 39.4 Å². The van der Waals surface area contributed by atoms with Crippen molar-refractivity contribution >= 4 is 15.9 Å². The first kappa shape index (κ1) is 17.8. The van der Waals surface area contributed by atoms with Crippen LogP contribution in [0.1, 0.15) is 17.5 Å². The fraction of sp³-hybridized carbons (Fsp3) is 0.429. The average Bonchev–Trinajstić information content (AvgIpc) is 2.88. The number of ether oxygens (including phenoxy) is 2. The van der Waals surface area contributed by atoms with E-state index < -0.39 is 0 Å². The molecule has 0 aromatic heterocycles. The number of halogens is 1. The predicted octanol–water partition coefficient (Wildman–Crippen LogP) is 3.93. The smallest absolute Gasteiger partial charge is 0.162 e. The molecule has 0 spiro atoms. The largest absolute Gasteiger partial charge is 0.486 e. The normalized spacial score (nSPS) is 18.5. The van der Waals surface area contributed by atoms with E-state index in [4.69, 9.17) is 9.47 Å². The summed E-state index contributed by atoms with van der Waals surface area (Å²) in [6.45, 7) is 7.73. The Morgan fingerprint density at radius 1 is 0.808 bits per heavy atom. The number of fused-ring (bicyclic) bond motifs is 1. The fourth-order valence-electron chi connectivity index (χ4n) is 3.65. The minimum absolute atomic E-state index is 0.627. The van der Waals surface area contributed by atoms with Gasteiger partial charge in [-0.25, -0.2) is 0 Å². The molecule has 1 fully saturated rings. The zero-order chi connectivity index (χ0) is 17.8. The fourth-order valence-corrected chi connectivity index (χ4v) is 4.10. The molecule has 0 unspecified atom stereocenters. The van der Waals surface area contributed by atoms with Crippen LogP contribution in [0.4, 0.5) is 0 Å². The van der Waals surface area contributed by atoms with Crippen molar-refractivity contribution in [2.24, 2.45) is 0 Å². The number of benzene rings is 2. The van der Waals surface area contributed by atoms with Crippen LogP contribution in [0.25, 0.3) is 0 Å². The topological polar surface area (TPSA) is 24.9 Å². The van der Waals surface area contributed by atoms with Crippen LogP contribution in [-0.4, -0.2) is 49.2 Å². The van der Waals surface area contributed by atoms with Gasteiger partial charge in [0, 0.05) is 30.7 Å². The summed E-state index contributed by atoms with van der Waals surface area (Å²) in [4.78, 5) is 5.11. The van der Waals surface area contributed by atoms with Gasteiger partial charge in [-0.2, -0.15) is 0 Å². The molecular formula is C21H25BrN2O2. The van der Waals surface area contributed by atoms with Crippen molar-refractivity contribution in [2.45, 2.75) is 19.5 Å². The van der Waals surface area contributed by atoms with Crippen molar-refractivity contribution in [3.8, 4) is 11.5 Å². The molecule has 0 N–H and O–H groups in total. The van der Waals surface area contributed by atoms with Crippen LogP contribution in [0.5, 0.6) is 11.5 Å². The van der Waals surface area contributed by atoms with Crippen LogP contribution in [0.2, 0.25) is 0 Å². The molecular weight excluding hydrogens is 392 g/mol. The Balaban J connectivity index is 1.37. The van der Waals surface area contributed by atoms with E-state index in [1.54, 1.807) is 0 Å². The second kappa shape index (κ2) is 8.42. The number of rotatable bonds is 4. The lowest BCUT2D eigenvalue weighted by Crippen LogP contribution is -2.30. The van der Waals surface area contributed by atoms with Gasteiger partial charge in [0.25, 0.3) is 0 Å². The summed E-state index contributed by atoms with van der Waals surface area (Å²) in [7, 11) is 0. The Morgan fingerprint density at radius 2 is 1.46 bits per heavy atom. The first-order chi connectivity index (χ1) is 12.8. The van der Waals surface area contributed by atoms with Crippen molar-refractivity contribution in [1.82, 2.24) is 9.80 Å². The van der Waals surface area contributed by atoms with Gasteiger partial charge < -0.3 is 9.47 Å². The SMILES string of the molecule is Brc1cc2c(cc1CN1CCCN(Cc3ccccc3)CC1)OCCO2. The van der Waals surface area contributed by atoms with Crippen molar-refractivity contribution in [3.63, 3.8) is 0 Å². The lowest BCUT2D eigenvalue weighted by molar-refractivity contribution is 0.171. The van der Waals surface area contributed by atoms with E-state index in [2.05, 4.69) is 62.1 Å². The quantitative estimate of drug-likeness (QED) is 0.753. The maximum absolute atomic E-state index is 5.74. The molecule has 2 aromatic carbocycles. The summed E-state index contributed by atoms with van der Waals surface area (Å²) in [5.74, 6) is 1.71. The molecule has 138 valence electrons. The highest BCUT2D eigenvalue weighted by molar-refractivity contribution is 9.10. The van der Waals surface area contributed by atoms with Crippen LogP contribution < -0.4 is 9.47 Å². The third-order valence-corrected chi connectivity index (χ3v) is 5.77. The minimum Gasteiger partial charge on any atom is -0.486 e. The second-order valence-corrected chi connectivity index (χ2v) is 7.83. The molecule has 0 radical (unpaired) electrons. The number of nitrogens with zero attached hydrogens (tertiary/aromatic N) is 2. The highest BCUT2D eigenvalue weighted by Gasteiger charge is 2.19. The van der Waals surface area contributed by atoms with Crippen LogP contribution >= 0.6 is 15.9 Å². The molecule has 2 aromatic rings. The van der Waals surface area contributed by atoms with Gasteiger partial charge >= 0.3 is 0 Å². The standard InChI is InChI=1S/C21H25BrN2O2/c22-19-14-21-20(25-11-12-26-21)13-18(19)16-24-8-4-7-23(9-10-24)15-17-5-2-1-3-6-17/h1-3,5-6,13-14H,4,7-12,15-16H2. The maximum atomic E-state index is 5.74. The number of hydrogen-bond donors (Lipinski definition) is 0. The van der Waals surface area contributed by atoms with Gasteiger partial charge in [0.2, 0.25) is 0 Å². The van der Waals surface area contributed by atoms with Gasteiger partial charge in [-0.05, 0) is 42.8 Å². The van der Waals surface area contributed by atoms with Crippen LogP contribution in [-0.2, 0) is 13.1 Å². The van der Waals surface area contributed by atoms with Crippen molar-refractivity contribution < 1.29 is 9.47 Å². The van der Waals surface area contributed by atoms with Crippen molar-refractivity contribution in [3.05, 3.63) is 58.1 Å². The molecule has 5 heteroatoms. The second-order valence-electron chi connectivity index (χ2n) is 6.98. The maximum Gasteiger partial charge on any atom is 0.162 e. The molecule has 2 aliphatic heterocycles. The monoisotopic (exact) mass is 416 g/mol. The zero-order valence-corrected chi connectivity index (χ0v) is 16.6. The van der Waals surface area contributed by atoms with Gasteiger partial charge in [-0.3, -0.25) is 9.80 Å². The first-order valence-corrected chi connectivity index (χ1v) is 10.1. The van der Waals surface area contributed by atoms with Gasteiger partial charge in [0.15, 0.2) is 11.5 Å². The summed E-state index contributed by atoms with van der Waals surface area (Å²) >= 11 is 3.71. The van der Waals surface area contributed by atoms with E-state index in [9.17, 15) is 0 Å². The Morgan fingerprint density at radius 3 is 2.19 bits per heavy atom. The molecule has 4 nitrogen and oxygen atoms in total. The summed E-state index contributed by atoms with van der Waals surface area (Å²) in [5.41, 5.74) is 2.67. The Labute approximate surface area is 163 Å². The minimum atomic E-state index is 0.627. The van der Waals surface area contributed by atoms with E-state index in [1.807, 2.05) is 6.07 Å². The number of hydrogen-bond acceptors (Lipinski definition) is 4. The van der Waals surface area contributed by atoms with E-state index in [1.165, 1.54) is 17.5 Å². The van der Waals surface area contributed by atoms with E-state index in [0.29, 0.717) is 13.2 Å². The molecule has 0 aliphatic carbocycles. The van der Waals surface area contributed by atoms with Crippen molar-refractivity contribution in [1.29, 1.82) is 0 Å². The summed E-state index contributed by atoms with van der Waals surface area (Å²) in [6.07, 6.45) is 1.20. The molecule has 4 rings (SSSR count). The van der Waals surface area contributed by atoms with Gasteiger partial charge in [-0.15, -0.1) is 0 Å². The Bertz CT molecular complexity index is 738. The Hall–Kier alpha value is -1.56. The lowest BCUT2D eigenvalue weighted by Gasteiger charge is -2.24. The molecule has 0 bridgehead atoms. The summed E-state index contributed by atoms with van der Waals surface area (Å²) < 4.78 is 12.5. The van der Waals surface area contributed by atoms with Gasteiger partial charge in [0.05, 0.1) is 0 Å². The molecule has 2 aliphatic rings. The molecule has 0 saturated carbocycles. The first-order valence-electron chi connectivity index (χ1n) is 9.34. The molecule has 2 heterocycles. The third kappa shape index (κ3) is 4.40. The highest BCUT2D eigenvalue weighted by Crippen LogP contribution is 2.36. The summed E-state index contributed by atoms with van der Waals surface area (Å²) in [5, 5.41) is 0. The zero-order valence-electron chi connectivity index (χ0n) is 15.0.